The highest BCUT2D eigenvalue weighted by molar-refractivity contribution is 5.90. The molecule has 1 saturated carbocycles. The Morgan fingerprint density at radius 2 is 2.10 bits per heavy atom. The lowest BCUT2D eigenvalue weighted by atomic mass is 10.2. The van der Waals surface area contributed by atoms with Gasteiger partial charge in [-0.15, -0.1) is 0 Å². The first-order valence-corrected chi connectivity index (χ1v) is 7.27. The second-order valence-electron chi connectivity index (χ2n) is 5.68. The fraction of sp³-hybridized carbons (Fsp3) is 0.562. The lowest BCUT2D eigenvalue weighted by Gasteiger charge is -2.26. The van der Waals surface area contributed by atoms with E-state index >= 15 is 0 Å². The van der Waals surface area contributed by atoms with Crippen LogP contribution >= 0.6 is 0 Å². The fourth-order valence-corrected chi connectivity index (χ4v) is 2.23. The van der Waals surface area contributed by atoms with E-state index in [0.717, 1.165) is 19.0 Å². The molecular weight excluding hydrogens is 254 g/mol. The number of benzene rings is 1. The number of carboxylic acid groups (broad SMARTS) is 1. The summed E-state index contributed by atoms with van der Waals surface area (Å²) < 4.78 is 5.66. The third-order valence-electron chi connectivity index (χ3n) is 3.67. The van der Waals surface area contributed by atoms with Crippen LogP contribution in [-0.4, -0.2) is 41.7 Å². The molecule has 1 aliphatic carbocycles. The molecule has 1 N–H and O–H groups in total. The molecule has 1 aromatic rings. The van der Waals surface area contributed by atoms with Gasteiger partial charge in [0.1, 0.15) is 17.9 Å². The quantitative estimate of drug-likeness (QED) is 0.794. The van der Waals surface area contributed by atoms with Crippen molar-refractivity contribution in [3.8, 4) is 5.75 Å². The van der Waals surface area contributed by atoms with Gasteiger partial charge in [0.25, 0.3) is 0 Å². The summed E-state index contributed by atoms with van der Waals surface area (Å²) in [4.78, 5) is 13.5. The molecule has 0 unspecified atom stereocenters. The largest absolute Gasteiger partial charge is 0.491 e. The van der Waals surface area contributed by atoms with Crippen LogP contribution in [0.1, 0.15) is 37.0 Å². The summed E-state index contributed by atoms with van der Waals surface area (Å²) in [6.07, 6.45) is 2.68. The third-order valence-corrected chi connectivity index (χ3v) is 3.67. The maximum atomic E-state index is 11.1. The summed E-state index contributed by atoms with van der Waals surface area (Å²) in [6, 6.07) is 7.29. The van der Waals surface area contributed by atoms with E-state index in [1.54, 1.807) is 24.3 Å². The molecule has 0 aliphatic heterocycles. The summed E-state index contributed by atoms with van der Waals surface area (Å²) in [6.45, 7) is 6.86. The zero-order valence-electron chi connectivity index (χ0n) is 12.2. The highest BCUT2D eigenvalue weighted by Crippen LogP contribution is 2.30. The van der Waals surface area contributed by atoms with E-state index in [1.165, 1.54) is 12.8 Å². The number of carboxylic acids is 1. The van der Waals surface area contributed by atoms with Gasteiger partial charge in [-0.1, -0.05) is 12.1 Å². The topological polar surface area (TPSA) is 49.8 Å². The van der Waals surface area contributed by atoms with Crippen molar-refractivity contribution in [3.63, 3.8) is 0 Å². The molecule has 4 heteroatoms. The van der Waals surface area contributed by atoms with Crippen LogP contribution in [0.4, 0.5) is 0 Å². The van der Waals surface area contributed by atoms with Gasteiger partial charge in [0, 0.05) is 19.1 Å². The molecule has 0 spiro atoms. The molecular formula is C16H23NO3. The number of para-hydroxylation sites is 1. The van der Waals surface area contributed by atoms with Crippen molar-refractivity contribution in [2.75, 3.05) is 19.7 Å². The van der Waals surface area contributed by atoms with Gasteiger partial charge in [-0.25, -0.2) is 4.79 Å². The lowest BCUT2D eigenvalue weighted by Crippen LogP contribution is -2.36. The number of hydrogen-bond acceptors (Lipinski definition) is 3. The van der Waals surface area contributed by atoms with Gasteiger partial charge >= 0.3 is 5.97 Å². The van der Waals surface area contributed by atoms with Crippen molar-refractivity contribution in [3.05, 3.63) is 29.8 Å². The number of hydrogen-bond donors (Lipinski definition) is 1. The molecule has 2 rings (SSSR count). The first-order chi connectivity index (χ1) is 9.58. The smallest absolute Gasteiger partial charge is 0.339 e. The molecule has 0 atom stereocenters. The Hall–Kier alpha value is -1.55. The second-order valence-corrected chi connectivity index (χ2v) is 5.68. The van der Waals surface area contributed by atoms with E-state index in [-0.39, 0.29) is 5.56 Å². The average Bonchev–Trinajstić information content (AvgIpc) is 3.21. The van der Waals surface area contributed by atoms with E-state index in [0.29, 0.717) is 18.4 Å². The molecule has 4 nitrogen and oxygen atoms in total. The molecule has 0 radical (unpaired) electrons. The van der Waals surface area contributed by atoms with Crippen LogP contribution < -0.4 is 4.74 Å². The SMILES string of the molecule is CC(C)N(CCOc1ccccc1C(=O)O)CC1CC1. The van der Waals surface area contributed by atoms with Crippen molar-refractivity contribution in [2.45, 2.75) is 32.7 Å². The molecule has 0 heterocycles. The van der Waals surface area contributed by atoms with Crippen molar-refractivity contribution >= 4 is 5.97 Å². The molecule has 0 aromatic heterocycles. The number of carbonyl (C=O) groups is 1. The van der Waals surface area contributed by atoms with Crippen molar-refractivity contribution in [2.24, 2.45) is 5.92 Å². The molecule has 0 bridgehead atoms. The number of nitrogens with zero attached hydrogens (tertiary/aromatic N) is 1. The van der Waals surface area contributed by atoms with Crippen LogP contribution in [0.2, 0.25) is 0 Å². The van der Waals surface area contributed by atoms with Crippen LogP contribution in [0.5, 0.6) is 5.75 Å². The average molecular weight is 277 g/mol. The third kappa shape index (κ3) is 4.23. The summed E-state index contributed by atoms with van der Waals surface area (Å²) in [5.74, 6) is 0.359. The molecule has 1 aromatic carbocycles. The lowest BCUT2D eigenvalue weighted by molar-refractivity contribution is 0.0691. The molecule has 110 valence electrons. The summed E-state index contributed by atoms with van der Waals surface area (Å²) in [5, 5.41) is 9.10. The number of ether oxygens (including phenoxy) is 1. The number of aromatic carboxylic acids is 1. The van der Waals surface area contributed by atoms with Gasteiger partial charge < -0.3 is 9.84 Å². The van der Waals surface area contributed by atoms with Crippen molar-refractivity contribution in [1.82, 2.24) is 4.90 Å². The van der Waals surface area contributed by atoms with Crippen LogP contribution in [0.3, 0.4) is 0 Å². The van der Waals surface area contributed by atoms with Crippen LogP contribution in [0.25, 0.3) is 0 Å². The van der Waals surface area contributed by atoms with E-state index < -0.39 is 5.97 Å². The highest BCUT2D eigenvalue weighted by Gasteiger charge is 2.25. The van der Waals surface area contributed by atoms with Crippen LogP contribution in [0.15, 0.2) is 24.3 Å². The Morgan fingerprint density at radius 1 is 1.40 bits per heavy atom. The maximum Gasteiger partial charge on any atom is 0.339 e. The molecule has 1 fully saturated rings. The van der Waals surface area contributed by atoms with Crippen LogP contribution in [-0.2, 0) is 0 Å². The molecule has 1 aliphatic rings. The van der Waals surface area contributed by atoms with Gasteiger partial charge in [0.2, 0.25) is 0 Å². The van der Waals surface area contributed by atoms with Gasteiger partial charge in [-0.2, -0.15) is 0 Å². The van der Waals surface area contributed by atoms with Gasteiger partial charge in [-0.05, 0) is 44.7 Å². The zero-order valence-corrected chi connectivity index (χ0v) is 12.2. The highest BCUT2D eigenvalue weighted by atomic mass is 16.5. The first-order valence-electron chi connectivity index (χ1n) is 7.27. The Kier molecular flexibility index (Phi) is 5.01. The van der Waals surface area contributed by atoms with Crippen molar-refractivity contribution in [1.29, 1.82) is 0 Å². The predicted molar refractivity (Wildman–Crippen MR) is 78.3 cm³/mol. The molecule has 0 saturated heterocycles. The second kappa shape index (κ2) is 6.75. The Bertz CT molecular complexity index is 455. The van der Waals surface area contributed by atoms with Gasteiger partial charge in [0.05, 0.1) is 0 Å². The van der Waals surface area contributed by atoms with E-state index in [1.807, 2.05) is 0 Å². The monoisotopic (exact) mass is 277 g/mol. The summed E-state index contributed by atoms with van der Waals surface area (Å²) >= 11 is 0. The minimum absolute atomic E-state index is 0.228. The van der Waals surface area contributed by atoms with Gasteiger partial charge in [-0.3, -0.25) is 4.90 Å². The standard InChI is InChI=1S/C16H23NO3/c1-12(2)17(11-13-7-8-13)9-10-20-15-6-4-3-5-14(15)16(18)19/h3-6,12-13H,7-11H2,1-2H3,(H,18,19). The molecule has 0 amide bonds. The van der Waals surface area contributed by atoms with E-state index in [4.69, 9.17) is 9.84 Å². The minimum atomic E-state index is -0.945. The first kappa shape index (κ1) is 14.9. The summed E-state index contributed by atoms with van der Waals surface area (Å²) in [5.41, 5.74) is 0.228. The summed E-state index contributed by atoms with van der Waals surface area (Å²) in [7, 11) is 0. The minimum Gasteiger partial charge on any atom is -0.491 e. The predicted octanol–water partition coefficient (Wildman–Crippen LogP) is 2.88. The Labute approximate surface area is 120 Å². The maximum absolute atomic E-state index is 11.1. The van der Waals surface area contributed by atoms with Crippen LogP contribution in [0, 0.1) is 5.92 Å². The molecule has 20 heavy (non-hydrogen) atoms. The fourth-order valence-electron chi connectivity index (χ4n) is 2.23. The zero-order chi connectivity index (χ0) is 14.5. The van der Waals surface area contributed by atoms with E-state index in [9.17, 15) is 4.79 Å². The number of rotatable bonds is 8. The Balaban J connectivity index is 1.86. The Morgan fingerprint density at radius 3 is 2.70 bits per heavy atom. The normalized spacial score (nSPS) is 14.8. The van der Waals surface area contributed by atoms with Gasteiger partial charge in [0.15, 0.2) is 0 Å². The van der Waals surface area contributed by atoms with E-state index in [2.05, 4.69) is 18.7 Å². The van der Waals surface area contributed by atoms with Crippen molar-refractivity contribution < 1.29 is 14.6 Å².